The molecule has 0 unspecified atom stereocenters. The summed E-state index contributed by atoms with van der Waals surface area (Å²) in [5, 5.41) is 21.7. The van der Waals surface area contributed by atoms with Gasteiger partial charge in [-0.2, -0.15) is 0 Å². The summed E-state index contributed by atoms with van der Waals surface area (Å²) in [7, 11) is 0. The molecule has 1 amide bonds. The van der Waals surface area contributed by atoms with E-state index < -0.39 is 5.54 Å². The molecule has 0 bridgehead atoms. The van der Waals surface area contributed by atoms with E-state index in [2.05, 4.69) is 21.2 Å². The largest absolute Gasteiger partial charge is 0.507 e. The van der Waals surface area contributed by atoms with Crippen LogP contribution in [-0.2, 0) is 0 Å². The zero-order chi connectivity index (χ0) is 12.5. The molecule has 0 aromatic heterocycles. The molecule has 0 spiro atoms. The number of phenolic OH excluding ortho intramolecular Hbond substituents is 1. The summed E-state index contributed by atoms with van der Waals surface area (Å²) >= 11 is 3.25. The number of hydrogen-bond donors (Lipinski definition) is 3. The van der Waals surface area contributed by atoms with E-state index >= 15 is 0 Å². The number of aliphatic hydroxyl groups excluding tert-OH is 1. The van der Waals surface area contributed by atoms with Gasteiger partial charge in [0.15, 0.2) is 0 Å². The molecule has 4 nitrogen and oxygen atoms in total. The molecule has 1 fully saturated rings. The lowest BCUT2D eigenvalue weighted by atomic mass is 9.77. The predicted octanol–water partition coefficient (Wildman–Crippen LogP) is 1.80. The van der Waals surface area contributed by atoms with Gasteiger partial charge in [0.2, 0.25) is 0 Å². The van der Waals surface area contributed by atoms with E-state index in [1.807, 2.05) is 0 Å². The Hall–Kier alpha value is -1.07. The molecule has 1 aliphatic rings. The van der Waals surface area contributed by atoms with Crippen LogP contribution in [0.4, 0.5) is 0 Å². The molecular formula is C12H14BrNO3. The fourth-order valence-corrected chi connectivity index (χ4v) is 2.29. The number of aromatic hydroxyl groups is 1. The van der Waals surface area contributed by atoms with Crippen molar-refractivity contribution in [2.75, 3.05) is 6.61 Å². The number of aliphatic hydroxyl groups is 1. The van der Waals surface area contributed by atoms with Gasteiger partial charge in [0.25, 0.3) is 5.91 Å². The average Bonchev–Trinajstić information content (AvgIpc) is 2.26. The van der Waals surface area contributed by atoms with Crippen LogP contribution < -0.4 is 5.32 Å². The molecular weight excluding hydrogens is 286 g/mol. The number of halogens is 1. The van der Waals surface area contributed by atoms with E-state index in [-0.39, 0.29) is 23.8 Å². The van der Waals surface area contributed by atoms with Crippen molar-refractivity contribution in [2.45, 2.75) is 24.8 Å². The molecule has 0 heterocycles. The van der Waals surface area contributed by atoms with Gasteiger partial charge in [0.05, 0.1) is 17.7 Å². The van der Waals surface area contributed by atoms with Crippen molar-refractivity contribution in [3.63, 3.8) is 0 Å². The highest BCUT2D eigenvalue weighted by Gasteiger charge is 2.38. The lowest BCUT2D eigenvalue weighted by Gasteiger charge is -2.40. The molecule has 3 N–H and O–H groups in total. The van der Waals surface area contributed by atoms with Crippen LogP contribution in [0.3, 0.4) is 0 Å². The molecule has 2 rings (SSSR count). The summed E-state index contributed by atoms with van der Waals surface area (Å²) < 4.78 is 0.729. The number of amides is 1. The van der Waals surface area contributed by atoms with Crippen LogP contribution in [0.15, 0.2) is 22.7 Å². The highest BCUT2D eigenvalue weighted by Crippen LogP contribution is 2.32. The topological polar surface area (TPSA) is 69.6 Å². The van der Waals surface area contributed by atoms with Gasteiger partial charge in [0, 0.05) is 4.47 Å². The summed E-state index contributed by atoms with van der Waals surface area (Å²) in [5.41, 5.74) is -0.273. The van der Waals surface area contributed by atoms with Crippen molar-refractivity contribution < 1.29 is 15.0 Å². The number of rotatable bonds is 3. The lowest BCUT2D eigenvalue weighted by molar-refractivity contribution is 0.0639. The van der Waals surface area contributed by atoms with Gasteiger partial charge >= 0.3 is 0 Å². The highest BCUT2D eigenvalue weighted by atomic mass is 79.9. The first-order valence-corrected chi connectivity index (χ1v) is 6.27. The van der Waals surface area contributed by atoms with Crippen LogP contribution in [0, 0.1) is 0 Å². The third-order valence-electron chi connectivity index (χ3n) is 3.20. The van der Waals surface area contributed by atoms with Crippen LogP contribution >= 0.6 is 15.9 Å². The van der Waals surface area contributed by atoms with E-state index in [0.29, 0.717) is 0 Å². The molecule has 1 saturated carbocycles. The molecule has 0 aliphatic heterocycles. The van der Waals surface area contributed by atoms with Crippen molar-refractivity contribution in [3.05, 3.63) is 28.2 Å². The summed E-state index contributed by atoms with van der Waals surface area (Å²) in [6, 6.07) is 4.69. The van der Waals surface area contributed by atoms with E-state index in [9.17, 15) is 15.0 Å². The Morgan fingerprint density at radius 2 is 2.18 bits per heavy atom. The number of phenols is 1. The Bertz CT molecular complexity index is 438. The zero-order valence-corrected chi connectivity index (χ0v) is 10.8. The van der Waals surface area contributed by atoms with E-state index in [4.69, 9.17) is 0 Å². The van der Waals surface area contributed by atoms with E-state index in [1.54, 1.807) is 12.1 Å². The normalized spacial score (nSPS) is 17.3. The Morgan fingerprint density at radius 3 is 2.71 bits per heavy atom. The molecule has 1 aromatic carbocycles. The van der Waals surface area contributed by atoms with Gasteiger partial charge in [-0.3, -0.25) is 4.79 Å². The Kier molecular flexibility index (Phi) is 3.40. The minimum absolute atomic E-state index is 0.0573. The summed E-state index contributed by atoms with van der Waals surface area (Å²) in [6.45, 7) is -0.0620. The van der Waals surface area contributed by atoms with Gasteiger partial charge in [-0.1, -0.05) is 15.9 Å². The first-order valence-electron chi connectivity index (χ1n) is 5.48. The molecule has 17 heavy (non-hydrogen) atoms. The lowest BCUT2D eigenvalue weighted by Crippen LogP contribution is -2.56. The van der Waals surface area contributed by atoms with Crippen molar-refractivity contribution in [2.24, 2.45) is 0 Å². The summed E-state index contributed by atoms with van der Waals surface area (Å²) in [5.74, 6) is -0.407. The second kappa shape index (κ2) is 4.66. The molecule has 5 heteroatoms. The van der Waals surface area contributed by atoms with Gasteiger partial charge < -0.3 is 15.5 Å². The van der Waals surface area contributed by atoms with Gasteiger partial charge in [0.1, 0.15) is 5.75 Å². The Balaban J connectivity index is 2.17. The van der Waals surface area contributed by atoms with Crippen molar-refractivity contribution in [1.29, 1.82) is 0 Å². The second-order valence-corrected chi connectivity index (χ2v) is 5.32. The third-order valence-corrected chi connectivity index (χ3v) is 3.69. The van der Waals surface area contributed by atoms with Crippen LogP contribution in [0.1, 0.15) is 29.6 Å². The van der Waals surface area contributed by atoms with Crippen LogP contribution in [0.25, 0.3) is 0 Å². The Morgan fingerprint density at radius 1 is 1.47 bits per heavy atom. The molecule has 0 atom stereocenters. The summed E-state index contributed by atoms with van der Waals surface area (Å²) in [4.78, 5) is 12.0. The highest BCUT2D eigenvalue weighted by molar-refractivity contribution is 9.10. The van der Waals surface area contributed by atoms with Crippen molar-refractivity contribution in [1.82, 2.24) is 5.32 Å². The maximum atomic E-state index is 12.0. The minimum Gasteiger partial charge on any atom is -0.507 e. The van der Waals surface area contributed by atoms with Crippen LogP contribution in [0.5, 0.6) is 5.75 Å². The van der Waals surface area contributed by atoms with Crippen molar-refractivity contribution >= 4 is 21.8 Å². The second-order valence-electron chi connectivity index (χ2n) is 4.41. The monoisotopic (exact) mass is 299 g/mol. The van der Waals surface area contributed by atoms with Gasteiger partial charge in [-0.05, 0) is 37.5 Å². The fraction of sp³-hybridized carbons (Fsp3) is 0.417. The molecule has 1 aliphatic carbocycles. The summed E-state index contributed by atoms with van der Waals surface area (Å²) in [6.07, 6.45) is 2.57. The van der Waals surface area contributed by atoms with Crippen LogP contribution in [-0.4, -0.2) is 28.3 Å². The average molecular weight is 300 g/mol. The van der Waals surface area contributed by atoms with Gasteiger partial charge in [-0.25, -0.2) is 0 Å². The number of hydrogen-bond acceptors (Lipinski definition) is 3. The first-order chi connectivity index (χ1) is 8.06. The maximum Gasteiger partial charge on any atom is 0.255 e. The fourth-order valence-electron chi connectivity index (χ4n) is 1.92. The predicted molar refractivity (Wildman–Crippen MR) is 66.9 cm³/mol. The SMILES string of the molecule is O=C(NC1(CO)CCC1)c1cc(Br)ccc1O. The smallest absolute Gasteiger partial charge is 0.255 e. The van der Waals surface area contributed by atoms with Crippen molar-refractivity contribution in [3.8, 4) is 5.75 Å². The molecule has 92 valence electrons. The quantitative estimate of drug-likeness (QED) is 0.797. The van der Waals surface area contributed by atoms with Gasteiger partial charge in [-0.15, -0.1) is 0 Å². The minimum atomic E-state index is -0.494. The van der Waals surface area contributed by atoms with E-state index in [1.165, 1.54) is 6.07 Å². The maximum absolute atomic E-state index is 12.0. The number of carbonyl (C=O) groups excluding carboxylic acids is 1. The van der Waals surface area contributed by atoms with Crippen LogP contribution in [0.2, 0.25) is 0 Å². The molecule has 0 saturated heterocycles. The number of nitrogens with one attached hydrogen (secondary N) is 1. The molecule has 0 radical (unpaired) electrons. The third kappa shape index (κ3) is 2.45. The number of carbonyl (C=O) groups is 1. The van der Waals surface area contributed by atoms with E-state index in [0.717, 1.165) is 23.7 Å². The molecule has 1 aromatic rings. The standard InChI is InChI=1S/C12H14BrNO3/c13-8-2-3-10(16)9(6-8)11(17)14-12(7-15)4-1-5-12/h2-3,6,15-16H,1,4-5,7H2,(H,14,17). The number of benzene rings is 1. The zero-order valence-electron chi connectivity index (χ0n) is 9.24. The Labute approximate surface area is 108 Å². The first kappa shape index (κ1) is 12.4.